The first-order valence-electron chi connectivity index (χ1n) is 5.86. The first kappa shape index (κ1) is 13.4. The van der Waals surface area contributed by atoms with Gasteiger partial charge in [-0.2, -0.15) is 0 Å². The van der Waals surface area contributed by atoms with E-state index in [0.29, 0.717) is 29.5 Å². The number of benzene rings is 1. The van der Waals surface area contributed by atoms with Gasteiger partial charge in [0.05, 0.1) is 12.2 Å². The lowest BCUT2D eigenvalue weighted by molar-refractivity contribution is 0.0444. The normalized spacial score (nSPS) is 12.1. The zero-order chi connectivity index (χ0) is 12.8. The predicted octanol–water partition coefficient (Wildman–Crippen LogP) is 2.44. The quantitative estimate of drug-likeness (QED) is 0.608. The Morgan fingerprint density at radius 3 is 2.41 bits per heavy atom. The van der Waals surface area contributed by atoms with Crippen molar-refractivity contribution in [1.82, 2.24) is 0 Å². The Bertz CT molecular complexity index is 371. The number of nitrogens with two attached hydrogens (primary N) is 2. The number of carbonyl (C=O) groups excluding carboxylic acids is 1. The van der Waals surface area contributed by atoms with Crippen molar-refractivity contribution < 1.29 is 9.53 Å². The number of anilines is 2. The summed E-state index contributed by atoms with van der Waals surface area (Å²) >= 11 is 0. The highest BCUT2D eigenvalue weighted by molar-refractivity contribution is 5.91. The fourth-order valence-electron chi connectivity index (χ4n) is 1.67. The maximum Gasteiger partial charge on any atom is 0.338 e. The van der Waals surface area contributed by atoms with Gasteiger partial charge in [-0.05, 0) is 30.5 Å². The topological polar surface area (TPSA) is 78.3 Å². The van der Waals surface area contributed by atoms with E-state index >= 15 is 0 Å². The molecule has 17 heavy (non-hydrogen) atoms. The molecule has 1 atom stereocenters. The SMILES string of the molecule is CCCC(C)COC(=O)c1cc(N)cc(N)c1. The lowest BCUT2D eigenvalue weighted by atomic mass is 10.1. The van der Waals surface area contributed by atoms with Gasteiger partial charge < -0.3 is 16.2 Å². The lowest BCUT2D eigenvalue weighted by Crippen LogP contribution is -2.12. The summed E-state index contributed by atoms with van der Waals surface area (Å²) in [5.74, 6) is 0.00862. The van der Waals surface area contributed by atoms with E-state index in [1.165, 1.54) is 0 Å². The molecule has 0 saturated heterocycles. The van der Waals surface area contributed by atoms with Crippen LogP contribution in [0.4, 0.5) is 11.4 Å². The van der Waals surface area contributed by atoms with Crippen molar-refractivity contribution >= 4 is 17.3 Å². The Morgan fingerprint density at radius 2 is 1.88 bits per heavy atom. The summed E-state index contributed by atoms with van der Waals surface area (Å²) in [6.45, 7) is 4.60. The molecular weight excluding hydrogens is 216 g/mol. The molecule has 0 saturated carbocycles. The molecule has 1 rings (SSSR count). The molecule has 0 heterocycles. The Morgan fingerprint density at radius 1 is 1.29 bits per heavy atom. The summed E-state index contributed by atoms with van der Waals surface area (Å²) in [6.07, 6.45) is 2.14. The third-order valence-corrected chi connectivity index (χ3v) is 2.49. The first-order valence-corrected chi connectivity index (χ1v) is 5.86. The number of hydrogen-bond acceptors (Lipinski definition) is 4. The third-order valence-electron chi connectivity index (χ3n) is 2.49. The molecule has 1 aromatic rings. The van der Waals surface area contributed by atoms with Crippen LogP contribution in [-0.2, 0) is 4.74 Å². The van der Waals surface area contributed by atoms with Crippen molar-refractivity contribution in [2.75, 3.05) is 18.1 Å². The van der Waals surface area contributed by atoms with Crippen molar-refractivity contribution in [3.63, 3.8) is 0 Å². The fourth-order valence-corrected chi connectivity index (χ4v) is 1.67. The van der Waals surface area contributed by atoms with Gasteiger partial charge >= 0.3 is 5.97 Å². The Labute approximate surface area is 102 Å². The van der Waals surface area contributed by atoms with Gasteiger partial charge in [0.1, 0.15) is 0 Å². The average Bonchev–Trinajstić information content (AvgIpc) is 2.25. The van der Waals surface area contributed by atoms with Crippen LogP contribution in [-0.4, -0.2) is 12.6 Å². The minimum absolute atomic E-state index is 0.369. The Hall–Kier alpha value is -1.71. The first-order chi connectivity index (χ1) is 8.02. The van der Waals surface area contributed by atoms with Crippen LogP contribution in [0.25, 0.3) is 0 Å². The van der Waals surface area contributed by atoms with Crippen LogP contribution in [0.1, 0.15) is 37.0 Å². The number of nitrogen functional groups attached to an aromatic ring is 2. The molecule has 0 aliphatic rings. The maximum atomic E-state index is 11.7. The van der Waals surface area contributed by atoms with Gasteiger partial charge in [0.15, 0.2) is 0 Å². The van der Waals surface area contributed by atoms with Crippen LogP contribution >= 0.6 is 0 Å². The van der Waals surface area contributed by atoms with Gasteiger partial charge in [-0.1, -0.05) is 20.3 Å². The molecule has 1 unspecified atom stereocenters. The number of rotatable bonds is 5. The van der Waals surface area contributed by atoms with E-state index in [0.717, 1.165) is 12.8 Å². The van der Waals surface area contributed by atoms with E-state index in [1.807, 2.05) is 0 Å². The predicted molar refractivity (Wildman–Crippen MR) is 69.6 cm³/mol. The van der Waals surface area contributed by atoms with E-state index in [2.05, 4.69) is 13.8 Å². The van der Waals surface area contributed by atoms with Gasteiger partial charge in [-0.25, -0.2) is 4.79 Å². The Balaban J connectivity index is 2.58. The van der Waals surface area contributed by atoms with Crippen LogP contribution < -0.4 is 11.5 Å². The Kier molecular flexibility index (Phi) is 4.82. The molecule has 0 aliphatic carbocycles. The summed E-state index contributed by atoms with van der Waals surface area (Å²) in [7, 11) is 0. The second-order valence-electron chi connectivity index (χ2n) is 4.38. The third kappa shape index (κ3) is 4.34. The molecular formula is C13H20N2O2. The zero-order valence-corrected chi connectivity index (χ0v) is 10.4. The molecule has 0 bridgehead atoms. The highest BCUT2D eigenvalue weighted by atomic mass is 16.5. The molecule has 1 aromatic carbocycles. The second kappa shape index (κ2) is 6.13. The molecule has 4 N–H and O–H groups in total. The van der Waals surface area contributed by atoms with Crippen LogP contribution in [0.5, 0.6) is 0 Å². The largest absolute Gasteiger partial charge is 0.462 e. The zero-order valence-electron chi connectivity index (χ0n) is 10.4. The van der Waals surface area contributed by atoms with Crippen molar-refractivity contribution in [1.29, 1.82) is 0 Å². The van der Waals surface area contributed by atoms with Crippen molar-refractivity contribution in [2.45, 2.75) is 26.7 Å². The van der Waals surface area contributed by atoms with Crippen LogP contribution in [0, 0.1) is 5.92 Å². The van der Waals surface area contributed by atoms with Gasteiger partial charge in [0.25, 0.3) is 0 Å². The van der Waals surface area contributed by atoms with E-state index in [1.54, 1.807) is 18.2 Å². The number of hydrogen-bond donors (Lipinski definition) is 2. The summed E-state index contributed by atoms with van der Waals surface area (Å²) in [5, 5.41) is 0. The molecule has 0 spiro atoms. The number of ether oxygens (including phenoxy) is 1. The average molecular weight is 236 g/mol. The van der Waals surface area contributed by atoms with Crippen LogP contribution in [0.15, 0.2) is 18.2 Å². The summed E-state index contributed by atoms with van der Waals surface area (Å²) < 4.78 is 5.20. The molecule has 4 nitrogen and oxygen atoms in total. The monoisotopic (exact) mass is 236 g/mol. The van der Waals surface area contributed by atoms with Gasteiger partial charge in [0.2, 0.25) is 0 Å². The van der Waals surface area contributed by atoms with Crippen molar-refractivity contribution in [3.8, 4) is 0 Å². The van der Waals surface area contributed by atoms with E-state index in [-0.39, 0.29) is 5.97 Å². The number of esters is 1. The highest BCUT2D eigenvalue weighted by Gasteiger charge is 2.10. The van der Waals surface area contributed by atoms with Crippen molar-refractivity contribution in [2.24, 2.45) is 5.92 Å². The van der Waals surface area contributed by atoms with Gasteiger partial charge in [-0.3, -0.25) is 0 Å². The standard InChI is InChI=1S/C13H20N2O2/c1-3-4-9(2)8-17-13(16)10-5-11(14)7-12(15)6-10/h5-7,9H,3-4,8,14-15H2,1-2H3. The maximum absolute atomic E-state index is 11.7. The minimum atomic E-state index is -0.369. The molecule has 94 valence electrons. The van der Waals surface area contributed by atoms with E-state index < -0.39 is 0 Å². The molecule has 0 fully saturated rings. The fraction of sp³-hybridized carbons (Fsp3) is 0.462. The van der Waals surface area contributed by atoms with Crippen LogP contribution in [0.3, 0.4) is 0 Å². The molecule has 0 radical (unpaired) electrons. The summed E-state index contributed by atoms with van der Waals surface area (Å²) in [6, 6.07) is 4.75. The molecule has 0 aromatic heterocycles. The molecule has 0 amide bonds. The smallest absolute Gasteiger partial charge is 0.338 e. The second-order valence-corrected chi connectivity index (χ2v) is 4.38. The van der Waals surface area contributed by atoms with Gasteiger partial charge in [-0.15, -0.1) is 0 Å². The molecule has 4 heteroatoms. The lowest BCUT2D eigenvalue weighted by Gasteiger charge is -2.11. The van der Waals surface area contributed by atoms with Gasteiger partial charge in [0, 0.05) is 11.4 Å². The number of carbonyl (C=O) groups is 1. The van der Waals surface area contributed by atoms with Crippen molar-refractivity contribution in [3.05, 3.63) is 23.8 Å². The highest BCUT2D eigenvalue weighted by Crippen LogP contribution is 2.15. The van der Waals surface area contributed by atoms with E-state index in [9.17, 15) is 4.79 Å². The molecule has 0 aliphatic heterocycles. The van der Waals surface area contributed by atoms with Crippen LogP contribution in [0.2, 0.25) is 0 Å². The minimum Gasteiger partial charge on any atom is -0.462 e. The van der Waals surface area contributed by atoms with E-state index in [4.69, 9.17) is 16.2 Å². The summed E-state index contributed by atoms with van der Waals surface area (Å²) in [5.41, 5.74) is 12.6. The summed E-state index contributed by atoms with van der Waals surface area (Å²) in [4.78, 5) is 11.7.